The second-order valence-corrected chi connectivity index (χ2v) is 9.44. The number of hydrogen-bond acceptors (Lipinski definition) is 5. The van der Waals surface area contributed by atoms with Crippen molar-refractivity contribution in [3.8, 4) is 5.75 Å². The summed E-state index contributed by atoms with van der Waals surface area (Å²) in [4.78, 5) is 28.7. The summed E-state index contributed by atoms with van der Waals surface area (Å²) in [5, 5.41) is 11.8. The molecule has 0 spiro atoms. The van der Waals surface area contributed by atoms with Crippen LogP contribution in [0.1, 0.15) is 33.3 Å². The number of aliphatic hydroxyl groups is 1. The highest BCUT2D eigenvalue weighted by Gasteiger charge is 2.45. The number of amides is 1. The van der Waals surface area contributed by atoms with Gasteiger partial charge in [-0.3, -0.25) is 14.5 Å². The first kappa shape index (κ1) is 22.9. The smallest absolute Gasteiger partial charge is 0.294 e. The monoisotopic (exact) mass is 531 g/mol. The standard InChI is InChI=1S/C28H22BrNO5/c1-15-7-9-21(16(2)11-15)30-25(17-5-4-6-20(13-17)34-3)24(27(32)28(30)33)26(31)23-14-18-12-19(29)8-10-22(18)35-23/h4-14,25,32H,1-3H3. The van der Waals surface area contributed by atoms with Gasteiger partial charge in [0.1, 0.15) is 11.3 Å². The first-order valence-electron chi connectivity index (χ1n) is 11.0. The van der Waals surface area contributed by atoms with Gasteiger partial charge in [-0.05, 0) is 67.4 Å². The average Bonchev–Trinajstić information content (AvgIpc) is 3.37. The van der Waals surface area contributed by atoms with E-state index in [2.05, 4.69) is 15.9 Å². The van der Waals surface area contributed by atoms with Gasteiger partial charge in [0.05, 0.1) is 18.7 Å². The quantitative estimate of drug-likeness (QED) is 0.293. The van der Waals surface area contributed by atoms with E-state index in [-0.39, 0.29) is 11.3 Å². The highest BCUT2D eigenvalue weighted by Crippen LogP contribution is 2.44. The molecule has 7 heteroatoms. The van der Waals surface area contributed by atoms with Crippen LogP contribution >= 0.6 is 15.9 Å². The van der Waals surface area contributed by atoms with Crippen LogP contribution in [0.4, 0.5) is 5.69 Å². The van der Waals surface area contributed by atoms with Crippen LogP contribution in [0.5, 0.6) is 5.75 Å². The Balaban J connectivity index is 1.69. The lowest BCUT2D eigenvalue weighted by Crippen LogP contribution is -2.31. The van der Waals surface area contributed by atoms with Gasteiger partial charge in [-0.15, -0.1) is 0 Å². The number of halogens is 1. The summed E-state index contributed by atoms with van der Waals surface area (Å²) >= 11 is 3.42. The van der Waals surface area contributed by atoms with E-state index in [4.69, 9.17) is 9.15 Å². The fraction of sp³-hybridized carbons (Fsp3) is 0.143. The number of aryl methyl sites for hydroxylation is 2. The lowest BCUT2D eigenvalue weighted by molar-refractivity contribution is -0.117. The minimum Gasteiger partial charge on any atom is -0.503 e. The highest BCUT2D eigenvalue weighted by molar-refractivity contribution is 9.10. The minimum absolute atomic E-state index is 0.0404. The van der Waals surface area contributed by atoms with E-state index in [1.807, 2.05) is 44.2 Å². The summed E-state index contributed by atoms with van der Waals surface area (Å²) in [5.41, 5.74) is 3.62. The van der Waals surface area contributed by atoms with Crippen molar-refractivity contribution in [3.63, 3.8) is 0 Å². The second-order valence-electron chi connectivity index (χ2n) is 8.53. The van der Waals surface area contributed by atoms with Crippen LogP contribution < -0.4 is 9.64 Å². The van der Waals surface area contributed by atoms with Crippen LogP contribution in [0.25, 0.3) is 11.0 Å². The molecule has 1 amide bonds. The second kappa shape index (κ2) is 8.74. The Labute approximate surface area is 210 Å². The van der Waals surface area contributed by atoms with Crippen LogP contribution in [-0.4, -0.2) is 23.9 Å². The Hall–Kier alpha value is -3.84. The molecule has 3 aromatic carbocycles. The topological polar surface area (TPSA) is 80.0 Å². The van der Waals surface area contributed by atoms with Crippen molar-refractivity contribution in [2.24, 2.45) is 0 Å². The van der Waals surface area contributed by atoms with Crippen molar-refractivity contribution in [1.29, 1.82) is 0 Å². The lowest BCUT2D eigenvalue weighted by Gasteiger charge is -2.28. The predicted molar refractivity (Wildman–Crippen MR) is 137 cm³/mol. The van der Waals surface area contributed by atoms with Gasteiger partial charge in [0.2, 0.25) is 5.78 Å². The number of rotatable bonds is 5. The van der Waals surface area contributed by atoms with Crippen LogP contribution in [-0.2, 0) is 4.79 Å². The SMILES string of the molecule is COc1cccc(C2C(C(=O)c3cc4cc(Br)ccc4o3)=C(O)C(=O)N2c2ccc(C)cc2C)c1. The first-order valence-corrected chi connectivity index (χ1v) is 11.8. The van der Waals surface area contributed by atoms with Gasteiger partial charge in [-0.25, -0.2) is 0 Å². The normalized spacial score (nSPS) is 15.8. The molecule has 1 N–H and O–H groups in total. The summed E-state index contributed by atoms with van der Waals surface area (Å²) in [6.45, 7) is 3.86. The number of fused-ring (bicyclic) bond motifs is 1. The Morgan fingerprint density at radius 1 is 1.06 bits per heavy atom. The van der Waals surface area contributed by atoms with E-state index in [9.17, 15) is 14.7 Å². The molecular weight excluding hydrogens is 510 g/mol. The van der Waals surface area contributed by atoms with E-state index in [1.54, 1.807) is 43.5 Å². The minimum atomic E-state index is -0.869. The van der Waals surface area contributed by atoms with Crippen molar-refractivity contribution < 1.29 is 23.8 Å². The van der Waals surface area contributed by atoms with Crippen LogP contribution in [0.15, 0.2) is 87.0 Å². The largest absolute Gasteiger partial charge is 0.503 e. The molecule has 5 rings (SSSR count). The van der Waals surface area contributed by atoms with Gasteiger partial charge in [-0.1, -0.05) is 45.8 Å². The number of carbonyl (C=O) groups is 2. The van der Waals surface area contributed by atoms with Gasteiger partial charge in [0, 0.05) is 15.5 Å². The maximum atomic E-state index is 13.8. The molecule has 0 fully saturated rings. The van der Waals surface area contributed by atoms with Crippen molar-refractivity contribution in [2.45, 2.75) is 19.9 Å². The Morgan fingerprint density at radius 2 is 1.86 bits per heavy atom. The molecule has 0 saturated heterocycles. The van der Waals surface area contributed by atoms with Gasteiger partial charge in [0.25, 0.3) is 5.91 Å². The Kier molecular flexibility index (Phi) is 5.73. The molecule has 6 nitrogen and oxygen atoms in total. The number of nitrogens with zero attached hydrogens (tertiary/aromatic N) is 1. The molecule has 176 valence electrons. The number of ether oxygens (including phenoxy) is 1. The number of aliphatic hydroxyl groups excluding tert-OH is 1. The Bertz CT molecular complexity index is 1530. The highest BCUT2D eigenvalue weighted by atomic mass is 79.9. The molecule has 1 atom stereocenters. The van der Waals surface area contributed by atoms with Gasteiger partial charge in [0.15, 0.2) is 11.5 Å². The molecule has 1 aromatic heterocycles. The summed E-state index contributed by atoms with van der Waals surface area (Å²) in [7, 11) is 1.55. The van der Waals surface area contributed by atoms with E-state index in [0.717, 1.165) is 21.0 Å². The van der Waals surface area contributed by atoms with Crippen molar-refractivity contribution in [2.75, 3.05) is 12.0 Å². The molecular formula is C28H22BrNO5. The van der Waals surface area contributed by atoms with Crippen LogP contribution in [0.2, 0.25) is 0 Å². The van der Waals surface area contributed by atoms with Crippen molar-refractivity contribution in [1.82, 2.24) is 0 Å². The van der Waals surface area contributed by atoms with Crippen LogP contribution in [0.3, 0.4) is 0 Å². The lowest BCUT2D eigenvalue weighted by atomic mass is 9.94. The zero-order chi connectivity index (χ0) is 24.9. The van der Waals surface area contributed by atoms with E-state index < -0.39 is 23.5 Å². The molecule has 4 aromatic rings. The number of hydrogen-bond donors (Lipinski definition) is 1. The number of methoxy groups -OCH3 is 1. The molecule has 0 saturated carbocycles. The molecule has 1 unspecified atom stereocenters. The number of Topliss-reactive ketones (excluding diaryl/α,β-unsaturated/α-hetero) is 1. The third kappa shape index (κ3) is 3.91. The fourth-order valence-corrected chi connectivity index (χ4v) is 4.93. The molecule has 1 aliphatic heterocycles. The van der Waals surface area contributed by atoms with Gasteiger partial charge < -0.3 is 14.3 Å². The molecule has 0 aliphatic carbocycles. The maximum absolute atomic E-state index is 13.8. The number of ketones is 1. The molecule has 2 heterocycles. The average molecular weight is 532 g/mol. The molecule has 0 radical (unpaired) electrons. The molecule has 1 aliphatic rings. The van der Waals surface area contributed by atoms with E-state index >= 15 is 0 Å². The number of furan rings is 1. The Morgan fingerprint density at radius 3 is 2.60 bits per heavy atom. The van der Waals surface area contributed by atoms with Gasteiger partial charge in [-0.2, -0.15) is 0 Å². The maximum Gasteiger partial charge on any atom is 0.294 e. The molecule has 0 bridgehead atoms. The zero-order valence-electron chi connectivity index (χ0n) is 19.3. The summed E-state index contributed by atoms with van der Waals surface area (Å²) < 4.78 is 12.1. The van der Waals surface area contributed by atoms with Crippen molar-refractivity contribution >= 4 is 44.3 Å². The fourth-order valence-electron chi connectivity index (χ4n) is 4.55. The van der Waals surface area contributed by atoms with Crippen molar-refractivity contribution in [3.05, 3.63) is 105 Å². The number of carbonyl (C=O) groups excluding carboxylic acids is 2. The predicted octanol–water partition coefficient (Wildman–Crippen LogP) is 6.60. The summed E-state index contributed by atoms with van der Waals surface area (Å²) in [6, 6.07) is 19.0. The zero-order valence-corrected chi connectivity index (χ0v) is 20.9. The van der Waals surface area contributed by atoms with E-state index in [0.29, 0.717) is 22.6 Å². The summed E-state index contributed by atoms with van der Waals surface area (Å²) in [6.07, 6.45) is 0. The third-order valence-corrected chi connectivity index (χ3v) is 6.67. The van der Waals surface area contributed by atoms with Crippen LogP contribution in [0, 0.1) is 13.8 Å². The number of benzene rings is 3. The first-order chi connectivity index (χ1) is 16.8. The third-order valence-electron chi connectivity index (χ3n) is 6.18. The van der Waals surface area contributed by atoms with Gasteiger partial charge >= 0.3 is 0 Å². The summed E-state index contributed by atoms with van der Waals surface area (Å²) in [5.74, 6) is -1.18. The van der Waals surface area contributed by atoms with E-state index in [1.165, 1.54) is 4.90 Å². The number of anilines is 1. The molecule has 35 heavy (non-hydrogen) atoms.